The summed E-state index contributed by atoms with van der Waals surface area (Å²) in [6.45, 7) is 5.90. The Bertz CT molecular complexity index is 912. The number of aryl methyl sites for hydroxylation is 1. The number of nitrogens with zero attached hydrogens (tertiary/aromatic N) is 1. The van der Waals surface area contributed by atoms with Crippen LogP contribution in [0.2, 0.25) is 5.02 Å². The lowest BCUT2D eigenvalue weighted by molar-refractivity contribution is -0.118. The van der Waals surface area contributed by atoms with E-state index in [2.05, 4.69) is 5.32 Å². The number of hydrogen-bond acceptors (Lipinski definition) is 4. The molecule has 1 amide bonds. The minimum atomic E-state index is -3.73. The van der Waals surface area contributed by atoms with Crippen molar-refractivity contribution in [2.24, 2.45) is 0 Å². The van der Waals surface area contributed by atoms with E-state index in [1.165, 1.54) is 16.4 Å². The van der Waals surface area contributed by atoms with Crippen LogP contribution >= 0.6 is 11.6 Å². The van der Waals surface area contributed by atoms with Gasteiger partial charge in [0, 0.05) is 18.8 Å². The number of amides is 1. The fraction of sp³-hybridized carbons (Fsp3) is 0.316. The molecule has 146 valence electrons. The summed E-state index contributed by atoms with van der Waals surface area (Å²) in [6.07, 6.45) is 0. The molecular formula is C19H23ClN2O4S. The van der Waals surface area contributed by atoms with Crippen LogP contribution in [0.15, 0.2) is 47.4 Å². The van der Waals surface area contributed by atoms with Gasteiger partial charge < -0.3 is 10.1 Å². The third kappa shape index (κ3) is 5.45. The van der Waals surface area contributed by atoms with E-state index >= 15 is 0 Å². The van der Waals surface area contributed by atoms with Crippen molar-refractivity contribution in [3.63, 3.8) is 0 Å². The zero-order valence-corrected chi connectivity index (χ0v) is 17.1. The first-order chi connectivity index (χ1) is 12.8. The zero-order valence-electron chi connectivity index (χ0n) is 15.5. The molecule has 0 heterocycles. The molecule has 0 bridgehead atoms. The van der Waals surface area contributed by atoms with Gasteiger partial charge >= 0.3 is 0 Å². The molecule has 0 spiro atoms. The third-order valence-electron chi connectivity index (χ3n) is 3.90. The molecule has 1 N–H and O–H groups in total. The van der Waals surface area contributed by atoms with Gasteiger partial charge in [0.05, 0.1) is 5.02 Å². The van der Waals surface area contributed by atoms with Crippen molar-refractivity contribution in [3.05, 3.63) is 53.1 Å². The average Bonchev–Trinajstić information content (AvgIpc) is 2.62. The predicted molar refractivity (Wildman–Crippen MR) is 107 cm³/mol. The van der Waals surface area contributed by atoms with Crippen LogP contribution in [0.1, 0.15) is 19.4 Å². The number of ether oxygens (including phenoxy) is 1. The maximum absolute atomic E-state index is 12.7. The average molecular weight is 411 g/mol. The summed E-state index contributed by atoms with van der Waals surface area (Å²) in [4.78, 5) is 12.1. The van der Waals surface area contributed by atoms with E-state index in [1.54, 1.807) is 26.0 Å². The fourth-order valence-electron chi connectivity index (χ4n) is 2.53. The maximum Gasteiger partial charge on any atom is 0.262 e. The minimum absolute atomic E-state index is 0.0368. The van der Waals surface area contributed by atoms with Crippen molar-refractivity contribution in [1.29, 1.82) is 0 Å². The van der Waals surface area contributed by atoms with Crippen LogP contribution in [-0.4, -0.2) is 38.3 Å². The Morgan fingerprint density at radius 2 is 1.85 bits per heavy atom. The van der Waals surface area contributed by atoms with Gasteiger partial charge in [0.1, 0.15) is 10.6 Å². The summed E-state index contributed by atoms with van der Waals surface area (Å²) in [5.41, 5.74) is 1.36. The molecule has 2 rings (SSSR count). The number of benzene rings is 2. The van der Waals surface area contributed by atoms with Gasteiger partial charge in [0.25, 0.3) is 5.91 Å². The number of carbonyl (C=O) groups excluding carboxylic acids is 1. The van der Waals surface area contributed by atoms with Crippen molar-refractivity contribution in [3.8, 4) is 5.75 Å². The fourth-order valence-corrected chi connectivity index (χ4v) is 4.49. The first-order valence-electron chi connectivity index (χ1n) is 8.57. The Hall–Kier alpha value is -2.09. The monoisotopic (exact) mass is 410 g/mol. The van der Waals surface area contributed by atoms with E-state index in [9.17, 15) is 13.2 Å². The lowest BCUT2D eigenvalue weighted by Crippen LogP contribution is -2.31. The standard InChI is InChI=1S/C19H23ClN2O4S/c1-4-22(5-2)27(24,25)18-12-15(9-10-17(18)20)21-19(23)13-26-16-8-6-7-14(3)11-16/h6-12H,4-5,13H2,1-3H3,(H,21,23). The summed E-state index contributed by atoms with van der Waals surface area (Å²) < 4.78 is 32.2. The molecule has 8 heteroatoms. The summed E-state index contributed by atoms with van der Waals surface area (Å²) >= 11 is 6.09. The zero-order chi connectivity index (χ0) is 20.0. The third-order valence-corrected chi connectivity index (χ3v) is 6.43. The highest BCUT2D eigenvalue weighted by Gasteiger charge is 2.25. The lowest BCUT2D eigenvalue weighted by Gasteiger charge is -2.19. The van der Waals surface area contributed by atoms with Crippen LogP contribution in [0.4, 0.5) is 5.69 Å². The van der Waals surface area contributed by atoms with Crippen molar-refractivity contribution in [2.75, 3.05) is 25.0 Å². The van der Waals surface area contributed by atoms with Crippen molar-refractivity contribution >= 4 is 33.2 Å². The quantitative estimate of drug-likeness (QED) is 0.720. The smallest absolute Gasteiger partial charge is 0.262 e. The van der Waals surface area contributed by atoms with E-state index < -0.39 is 15.9 Å². The Balaban J connectivity index is 2.12. The molecule has 2 aromatic carbocycles. The van der Waals surface area contributed by atoms with E-state index in [0.29, 0.717) is 24.5 Å². The van der Waals surface area contributed by atoms with Crippen LogP contribution in [-0.2, 0) is 14.8 Å². The molecule has 0 fully saturated rings. The SMILES string of the molecule is CCN(CC)S(=O)(=O)c1cc(NC(=O)COc2cccc(C)c2)ccc1Cl. The molecule has 0 aliphatic heterocycles. The van der Waals surface area contributed by atoms with Gasteiger partial charge in [-0.1, -0.05) is 37.6 Å². The second-order valence-electron chi connectivity index (χ2n) is 5.89. The van der Waals surface area contributed by atoms with Gasteiger partial charge in [-0.2, -0.15) is 4.31 Å². The van der Waals surface area contributed by atoms with Gasteiger partial charge in [-0.05, 0) is 42.8 Å². The van der Waals surface area contributed by atoms with Gasteiger partial charge in [0.2, 0.25) is 10.0 Å². The highest BCUT2D eigenvalue weighted by molar-refractivity contribution is 7.89. The van der Waals surface area contributed by atoms with Crippen LogP contribution in [0.25, 0.3) is 0 Å². The van der Waals surface area contributed by atoms with Crippen molar-refractivity contribution in [1.82, 2.24) is 4.31 Å². The molecule has 0 aliphatic rings. The first kappa shape index (κ1) is 21.2. The predicted octanol–water partition coefficient (Wildman–Crippen LogP) is 3.70. The Morgan fingerprint density at radius 1 is 1.15 bits per heavy atom. The van der Waals surface area contributed by atoms with Crippen molar-refractivity contribution < 1.29 is 17.9 Å². The number of rotatable bonds is 8. The van der Waals surface area contributed by atoms with Crippen LogP contribution in [0.5, 0.6) is 5.75 Å². The topological polar surface area (TPSA) is 75.7 Å². The first-order valence-corrected chi connectivity index (χ1v) is 10.4. The lowest BCUT2D eigenvalue weighted by atomic mass is 10.2. The minimum Gasteiger partial charge on any atom is -0.484 e. The van der Waals surface area contributed by atoms with Gasteiger partial charge in [-0.25, -0.2) is 8.42 Å². The molecule has 0 aliphatic carbocycles. The summed E-state index contributed by atoms with van der Waals surface area (Å²) in [5.74, 6) is 0.191. The highest BCUT2D eigenvalue weighted by atomic mass is 35.5. The number of sulfonamides is 1. The molecule has 0 aromatic heterocycles. The van der Waals surface area contributed by atoms with E-state index in [0.717, 1.165) is 5.56 Å². The second-order valence-corrected chi connectivity index (χ2v) is 8.20. The van der Waals surface area contributed by atoms with E-state index in [1.807, 2.05) is 25.1 Å². The molecule has 0 radical (unpaired) electrons. The Morgan fingerprint density at radius 3 is 2.48 bits per heavy atom. The molecule has 2 aromatic rings. The van der Waals surface area contributed by atoms with Gasteiger partial charge in [0.15, 0.2) is 6.61 Å². The number of anilines is 1. The summed E-state index contributed by atoms with van der Waals surface area (Å²) in [7, 11) is -3.73. The summed E-state index contributed by atoms with van der Waals surface area (Å²) in [6, 6.07) is 11.7. The molecule has 6 nitrogen and oxygen atoms in total. The number of nitrogens with one attached hydrogen (secondary N) is 1. The van der Waals surface area contributed by atoms with E-state index in [-0.39, 0.29) is 16.5 Å². The van der Waals surface area contributed by atoms with Crippen LogP contribution in [0.3, 0.4) is 0 Å². The molecule has 27 heavy (non-hydrogen) atoms. The number of halogens is 1. The van der Waals surface area contributed by atoms with Gasteiger partial charge in [-0.15, -0.1) is 0 Å². The molecule has 0 atom stereocenters. The normalized spacial score (nSPS) is 11.4. The summed E-state index contributed by atoms with van der Waals surface area (Å²) in [5, 5.41) is 2.74. The largest absolute Gasteiger partial charge is 0.484 e. The maximum atomic E-state index is 12.7. The molecule has 0 saturated carbocycles. The number of carbonyl (C=O) groups is 1. The highest BCUT2D eigenvalue weighted by Crippen LogP contribution is 2.27. The molecule has 0 saturated heterocycles. The number of hydrogen-bond donors (Lipinski definition) is 1. The van der Waals surface area contributed by atoms with E-state index in [4.69, 9.17) is 16.3 Å². The second kappa shape index (κ2) is 9.21. The van der Waals surface area contributed by atoms with Gasteiger partial charge in [-0.3, -0.25) is 4.79 Å². The van der Waals surface area contributed by atoms with Crippen molar-refractivity contribution in [2.45, 2.75) is 25.7 Å². The van der Waals surface area contributed by atoms with Crippen LogP contribution < -0.4 is 10.1 Å². The Labute approximate surface area is 165 Å². The van der Waals surface area contributed by atoms with Crippen LogP contribution in [0, 0.1) is 6.92 Å². The molecule has 0 unspecified atom stereocenters. The Kier molecular flexibility index (Phi) is 7.24. The molecular weight excluding hydrogens is 388 g/mol.